The highest BCUT2D eigenvalue weighted by molar-refractivity contribution is 5.71. The lowest BCUT2D eigenvalue weighted by atomic mass is 10.1. The molecular formula is C19H18FNO. The van der Waals surface area contributed by atoms with Crippen LogP contribution < -0.4 is 5.32 Å². The van der Waals surface area contributed by atoms with E-state index in [2.05, 4.69) is 36.2 Å². The number of benzene rings is 2. The molecule has 0 aromatic heterocycles. The molecule has 0 radical (unpaired) electrons. The Balaban J connectivity index is 2.09. The molecule has 3 heteroatoms. The summed E-state index contributed by atoms with van der Waals surface area (Å²) in [7, 11) is 0. The fourth-order valence-electron chi connectivity index (χ4n) is 2.05. The van der Waals surface area contributed by atoms with Crippen molar-refractivity contribution in [1.29, 1.82) is 0 Å². The van der Waals surface area contributed by atoms with Crippen LogP contribution in [-0.4, -0.2) is 6.41 Å². The van der Waals surface area contributed by atoms with E-state index in [1.165, 1.54) is 30.5 Å². The number of anilines is 1. The van der Waals surface area contributed by atoms with Crippen molar-refractivity contribution in [2.75, 3.05) is 5.32 Å². The maximum absolute atomic E-state index is 13.6. The number of aryl methyl sites for hydroxylation is 1. The number of nitrogens with one attached hydrogen (secondary N) is 1. The zero-order valence-electron chi connectivity index (χ0n) is 12.5. The Morgan fingerprint density at radius 2 is 1.77 bits per heavy atom. The Bertz CT molecular complexity index is 696. The van der Waals surface area contributed by atoms with Crippen LogP contribution in [0, 0.1) is 17.7 Å². The Kier molecular flexibility index (Phi) is 5.73. The summed E-state index contributed by atoms with van der Waals surface area (Å²) in [5.41, 5.74) is 2.93. The van der Waals surface area contributed by atoms with Crippen LogP contribution in [-0.2, 0) is 11.2 Å². The third kappa shape index (κ3) is 4.46. The van der Waals surface area contributed by atoms with Gasteiger partial charge in [-0.25, -0.2) is 4.39 Å². The molecule has 0 bridgehead atoms. The predicted molar refractivity (Wildman–Crippen MR) is 87.1 cm³/mol. The van der Waals surface area contributed by atoms with Crippen molar-refractivity contribution < 1.29 is 9.18 Å². The van der Waals surface area contributed by atoms with Crippen LogP contribution in [0.2, 0.25) is 0 Å². The number of hydrogen-bond acceptors (Lipinski definition) is 1. The van der Waals surface area contributed by atoms with Crippen LogP contribution in [0.4, 0.5) is 10.1 Å². The van der Waals surface area contributed by atoms with Gasteiger partial charge >= 0.3 is 0 Å². The Morgan fingerprint density at radius 1 is 1.09 bits per heavy atom. The predicted octanol–water partition coefficient (Wildman–Crippen LogP) is 4.14. The van der Waals surface area contributed by atoms with E-state index in [1.54, 1.807) is 6.07 Å². The van der Waals surface area contributed by atoms with Crippen LogP contribution in [0.5, 0.6) is 0 Å². The lowest BCUT2D eigenvalue weighted by Crippen LogP contribution is -1.96. The Morgan fingerprint density at radius 3 is 2.41 bits per heavy atom. The summed E-state index contributed by atoms with van der Waals surface area (Å²) in [6.45, 7) is 2.18. The van der Waals surface area contributed by atoms with E-state index in [9.17, 15) is 9.18 Å². The van der Waals surface area contributed by atoms with Gasteiger partial charge in [0.1, 0.15) is 5.82 Å². The minimum Gasteiger partial charge on any atom is -0.326 e. The molecule has 0 unspecified atom stereocenters. The smallest absolute Gasteiger partial charge is 0.211 e. The number of halogens is 1. The first-order valence-electron chi connectivity index (χ1n) is 7.33. The highest BCUT2D eigenvalue weighted by Crippen LogP contribution is 2.14. The molecule has 0 aliphatic carbocycles. The quantitative estimate of drug-likeness (QED) is 0.652. The van der Waals surface area contributed by atoms with Gasteiger partial charge in [0.05, 0.1) is 5.69 Å². The van der Waals surface area contributed by atoms with Gasteiger partial charge in [-0.05, 0) is 48.7 Å². The average Bonchev–Trinajstić information content (AvgIpc) is 2.54. The molecule has 0 atom stereocenters. The summed E-state index contributed by atoms with van der Waals surface area (Å²) in [4.78, 5) is 10.3. The summed E-state index contributed by atoms with van der Waals surface area (Å²) in [5, 5.41) is 2.30. The minimum absolute atomic E-state index is 0.154. The van der Waals surface area contributed by atoms with Crippen molar-refractivity contribution >= 4 is 12.1 Å². The topological polar surface area (TPSA) is 29.1 Å². The van der Waals surface area contributed by atoms with E-state index in [0.717, 1.165) is 12.0 Å². The summed E-state index contributed by atoms with van der Waals surface area (Å²) in [6, 6.07) is 12.6. The van der Waals surface area contributed by atoms with Gasteiger partial charge in [-0.2, -0.15) is 0 Å². The highest BCUT2D eigenvalue weighted by atomic mass is 19.1. The number of carbonyl (C=O) groups excluding carboxylic acids is 1. The van der Waals surface area contributed by atoms with Crippen molar-refractivity contribution in [1.82, 2.24) is 0 Å². The second-order valence-corrected chi connectivity index (χ2v) is 5.01. The molecule has 112 valence electrons. The number of hydrogen-bond donors (Lipinski definition) is 1. The summed E-state index contributed by atoms with van der Waals surface area (Å²) >= 11 is 0. The lowest BCUT2D eigenvalue weighted by Gasteiger charge is -2.01. The molecule has 22 heavy (non-hydrogen) atoms. The fraction of sp³-hybridized carbons (Fsp3) is 0.211. The fourth-order valence-corrected chi connectivity index (χ4v) is 2.05. The molecule has 0 heterocycles. The second kappa shape index (κ2) is 7.99. The molecule has 2 aromatic rings. The van der Waals surface area contributed by atoms with Gasteiger partial charge < -0.3 is 5.32 Å². The normalized spacial score (nSPS) is 9.73. The molecule has 2 aromatic carbocycles. The monoisotopic (exact) mass is 295 g/mol. The molecule has 0 fully saturated rings. The van der Waals surface area contributed by atoms with Crippen molar-refractivity contribution in [3.05, 3.63) is 65.0 Å². The van der Waals surface area contributed by atoms with Crippen LogP contribution in [0.3, 0.4) is 0 Å². The zero-order chi connectivity index (χ0) is 15.8. The van der Waals surface area contributed by atoms with Crippen LogP contribution in [0.15, 0.2) is 42.5 Å². The van der Waals surface area contributed by atoms with Crippen molar-refractivity contribution in [3.8, 4) is 11.8 Å². The Labute approximate surface area is 130 Å². The second-order valence-electron chi connectivity index (χ2n) is 5.01. The minimum atomic E-state index is -0.492. The van der Waals surface area contributed by atoms with Crippen molar-refractivity contribution in [2.45, 2.75) is 26.2 Å². The standard InChI is InChI=1S/C19H18FNO/c1-2-3-4-15-5-7-16(8-6-15)9-10-17-11-12-19(21-14-22)18(20)13-17/h5-8,11-14H,2-4H2,1H3,(H,21,22). The lowest BCUT2D eigenvalue weighted by molar-refractivity contribution is -0.105. The third-order valence-corrected chi connectivity index (χ3v) is 3.31. The van der Waals surface area contributed by atoms with Gasteiger partial charge in [-0.1, -0.05) is 37.3 Å². The molecule has 1 amide bonds. The van der Waals surface area contributed by atoms with E-state index in [4.69, 9.17) is 0 Å². The van der Waals surface area contributed by atoms with Crippen LogP contribution in [0.25, 0.3) is 0 Å². The molecule has 1 N–H and O–H groups in total. The SMILES string of the molecule is CCCCc1ccc(C#Cc2ccc(NC=O)c(F)c2)cc1. The van der Waals surface area contributed by atoms with Crippen LogP contribution >= 0.6 is 0 Å². The van der Waals surface area contributed by atoms with Crippen molar-refractivity contribution in [2.24, 2.45) is 0 Å². The first-order chi connectivity index (χ1) is 10.7. The largest absolute Gasteiger partial charge is 0.326 e. The van der Waals surface area contributed by atoms with Gasteiger partial charge in [0, 0.05) is 11.1 Å². The zero-order valence-corrected chi connectivity index (χ0v) is 12.5. The van der Waals surface area contributed by atoms with E-state index >= 15 is 0 Å². The molecule has 0 saturated heterocycles. The average molecular weight is 295 g/mol. The number of carbonyl (C=O) groups is 1. The van der Waals surface area contributed by atoms with Gasteiger partial charge in [-0.15, -0.1) is 0 Å². The van der Waals surface area contributed by atoms with E-state index < -0.39 is 5.82 Å². The van der Waals surface area contributed by atoms with E-state index in [0.29, 0.717) is 12.0 Å². The van der Waals surface area contributed by atoms with Gasteiger partial charge in [-0.3, -0.25) is 4.79 Å². The van der Waals surface area contributed by atoms with Gasteiger partial charge in [0.2, 0.25) is 6.41 Å². The Hall–Kier alpha value is -2.60. The molecule has 0 aliphatic heterocycles. The highest BCUT2D eigenvalue weighted by Gasteiger charge is 2.01. The molecule has 2 nitrogen and oxygen atoms in total. The summed E-state index contributed by atoms with van der Waals surface area (Å²) in [6.07, 6.45) is 3.90. The van der Waals surface area contributed by atoms with Crippen molar-refractivity contribution in [3.63, 3.8) is 0 Å². The first-order valence-corrected chi connectivity index (χ1v) is 7.33. The van der Waals surface area contributed by atoms with Crippen LogP contribution in [0.1, 0.15) is 36.5 Å². The number of unbranched alkanes of at least 4 members (excludes halogenated alkanes) is 1. The van der Waals surface area contributed by atoms with E-state index in [-0.39, 0.29) is 5.69 Å². The third-order valence-electron chi connectivity index (χ3n) is 3.31. The molecule has 0 aliphatic rings. The molecule has 0 saturated carbocycles. The summed E-state index contributed by atoms with van der Waals surface area (Å²) in [5.74, 6) is 5.45. The maximum Gasteiger partial charge on any atom is 0.211 e. The summed E-state index contributed by atoms with van der Waals surface area (Å²) < 4.78 is 13.6. The van der Waals surface area contributed by atoms with Gasteiger partial charge in [0.25, 0.3) is 0 Å². The maximum atomic E-state index is 13.6. The first kappa shape index (κ1) is 15.8. The van der Waals surface area contributed by atoms with E-state index in [1.807, 2.05) is 12.1 Å². The van der Waals surface area contributed by atoms with Gasteiger partial charge in [0.15, 0.2) is 0 Å². The molecule has 0 spiro atoms. The molecular weight excluding hydrogens is 277 g/mol. The number of amides is 1. The number of rotatable bonds is 5. The molecule has 2 rings (SSSR count).